The minimum Gasteiger partial charge on any atom is -0.457 e. The molecule has 0 fully saturated rings. The first-order valence-corrected chi connectivity index (χ1v) is 8.10. The van der Waals surface area contributed by atoms with Crippen LogP contribution in [-0.2, 0) is 4.79 Å². The van der Waals surface area contributed by atoms with Gasteiger partial charge in [-0.3, -0.25) is 25.4 Å². The van der Waals surface area contributed by atoms with Gasteiger partial charge in [0.2, 0.25) is 0 Å². The molecule has 2 heterocycles. The molecule has 0 radical (unpaired) electrons. The highest BCUT2D eigenvalue weighted by atomic mass is 16.5. The molecule has 0 saturated heterocycles. The number of carbonyl (C=O) groups excluding carboxylic acids is 2. The fourth-order valence-corrected chi connectivity index (χ4v) is 2.96. The lowest BCUT2D eigenvalue weighted by Crippen LogP contribution is -2.44. The van der Waals surface area contributed by atoms with Crippen molar-refractivity contribution >= 4 is 11.8 Å². The summed E-state index contributed by atoms with van der Waals surface area (Å²) in [6.45, 7) is 0. The summed E-state index contributed by atoms with van der Waals surface area (Å²) in [6, 6.07) is 17.9. The van der Waals surface area contributed by atoms with Crippen LogP contribution in [0.25, 0.3) is 0 Å². The van der Waals surface area contributed by atoms with Crippen molar-refractivity contribution in [1.29, 1.82) is 0 Å². The molecule has 6 heteroatoms. The van der Waals surface area contributed by atoms with Crippen molar-refractivity contribution in [2.75, 3.05) is 0 Å². The highest BCUT2D eigenvalue weighted by Gasteiger charge is 2.32. The van der Waals surface area contributed by atoms with E-state index in [4.69, 9.17) is 4.74 Å². The number of amides is 2. The fraction of sp³-hybridized carbons (Fsp3) is 0.0500. The molecular weight excluding hydrogens is 330 g/mol. The minimum absolute atomic E-state index is 0.337. The molecule has 0 unspecified atom stereocenters. The van der Waals surface area contributed by atoms with E-state index in [1.807, 2.05) is 48.5 Å². The molecule has 0 atom stereocenters. The van der Waals surface area contributed by atoms with Gasteiger partial charge in [-0.15, -0.1) is 0 Å². The molecule has 0 bridgehead atoms. The summed E-state index contributed by atoms with van der Waals surface area (Å²) < 4.78 is 5.88. The highest BCUT2D eigenvalue weighted by Crippen LogP contribution is 2.43. The predicted molar refractivity (Wildman–Crippen MR) is 94.6 cm³/mol. The van der Waals surface area contributed by atoms with E-state index in [9.17, 15) is 9.59 Å². The van der Waals surface area contributed by atoms with Crippen LogP contribution in [-0.4, -0.2) is 16.8 Å². The van der Waals surface area contributed by atoms with Gasteiger partial charge >= 0.3 is 0 Å². The molecule has 0 saturated carbocycles. The lowest BCUT2D eigenvalue weighted by Gasteiger charge is -2.27. The Balaban J connectivity index is 1.59. The summed E-state index contributed by atoms with van der Waals surface area (Å²) in [5.41, 5.74) is 6.88. The molecule has 1 aliphatic heterocycles. The zero-order valence-electron chi connectivity index (χ0n) is 13.7. The molecule has 0 spiro atoms. The zero-order chi connectivity index (χ0) is 17.9. The number of hydrazine groups is 1. The molecule has 26 heavy (non-hydrogen) atoms. The smallest absolute Gasteiger partial charge is 0.269 e. The first-order chi connectivity index (χ1) is 12.7. The van der Waals surface area contributed by atoms with Crippen molar-refractivity contribution < 1.29 is 14.3 Å². The van der Waals surface area contributed by atoms with Crippen LogP contribution in [0.1, 0.15) is 27.4 Å². The zero-order valence-corrected chi connectivity index (χ0v) is 13.7. The molecule has 0 aliphatic carbocycles. The summed E-state index contributed by atoms with van der Waals surface area (Å²) in [7, 11) is 0. The van der Waals surface area contributed by atoms with Gasteiger partial charge in [-0.25, -0.2) is 0 Å². The third kappa shape index (κ3) is 2.88. The number of benzene rings is 2. The second kappa shape index (κ2) is 6.68. The SMILES string of the molecule is O=C(NNC(=O)C1c2ccccc2Oc2ccccc21)c1ccncc1. The van der Waals surface area contributed by atoms with Crippen LogP contribution < -0.4 is 15.6 Å². The highest BCUT2D eigenvalue weighted by molar-refractivity contribution is 5.97. The van der Waals surface area contributed by atoms with Gasteiger partial charge in [-0.2, -0.15) is 0 Å². The average molecular weight is 345 g/mol. The second-order valence-corrected chi connectivity index (χ2v) is 5.79. The Morgan fingerprint density at radius 1 is 0.808 bits per heavy atom. The number of hydrogen-bond acceptors (Lipinski definition) is 4. The number of nitrogens with one attached hydrogen (secondary N) is 2. The number of para-hydroxylation sites is 2. The summed E-state index contributed by atoms with van der Waals surface area (Å²) in [5, 5.41) is 0. The van der Waals surface area contributed by atoms with E-state index in [-0.39, 0.29) is 5.91 Å². The number of aromatic nitrogens is 1. The van der Waals surface area contributed by atoms with Crippen LogP contribution in [0.2, 0.25) is 0 Å². The number of rotatable bonds is 2. The Hall–Kier alpha value is -3.67. The van der Waals surface area contributed by atoms with Gasteiger partial charge < -0.3 is 4.74 Å². The van der Waals surface area contributed by atoms with Crippen LogP contribution in [0.5, 0.6) is 11.5 Å². The van der Waals surface area contributed by atoms with Crippen molar-refractivity contribution in [3.63, 3.8) is 0 Å². The number of pyridine rings is 1. The summed E-state index contributed by atoms with van der Waals surface area (Å²) in [6.07, 6.45) is 3.03. The van der Waals surface area contributed by atoms with Gasteiger partial charge in [-0.05, 0) is 24.3 Å². The molecule has 2 N–H and O–H groups in total. The van der Waals surface area contributed by atoms with Crippen LogP contribution in [0.4, 0.5) is 0 Å². The van der Waals surface area contributed by atoms with E-state index in [1.54, 1.807) is 12.1 Å². The standard InChI is InChI=1S/C20H15N3O3/c24-19(13-9-11-21-12-10-13)22-23-20(25)18-14-5-1-3-7-16(14)26-17-8-4-2-6-15(17)18/h1-12,18H,(H,22,24)(H,23,25). The Labute approximate surface area is 149 Å². The van der Waals surface area contributed by atoms with E-state index in [0.717, 1.165) is 11.1 Å². The van der Waals surface area contributed by atoms with Crippen LogP contribution in [0, 0.1) is 0 Å². The Morgan fingerprint density at radius 2 is 1.38 bits per heavy atom. The summed E-state index contributed by atoms with van der Waals surface area (Å²) in [5.74, 6) is -0.0579. The Kier molecular flexibility index (Phi) is 4.07. The van der Waals surface area contributed by atoms with Crippen molar-refractivity contribution in [1.82, 2.24) is 15.8 Å². The molecule has 128 valence electrons. The second-order valence-electron chi connectivity index (χ2n) is 5.79. The lowest BCUT2D eigenvalue weighted by molar-refractivity contribution is -0.122. The van der Waals surface area contributed by atoms with E-state index in [1.165, 1.54) is 12.4 Å². The monoisotopic (exact) mass is 345 g/mol. The lowest BCUT2D eigenvalue weighted by atomic mass is 9.87. The maximum Gasteiger partial charge on any atom is 0.269 e. The van der Waals surface area contributed by atoms with Crippen LogP contribution in [0.15, 0.2) is 73.1 Å². The molecule has 2 amide bonds. The quantitative estimate of drug-likeness (QED) is 0.700. The van der Waals surface area contributed by atoms with Crippen molar-refractivity contribution in [3.05, 3.63) is 89.7 Å². The Bertz CT molecular complexity index is 927. The van der Waals surface area contributed by atoms with Gasteiger partial charge in [0.05, 0.1) is 5.92 Å². The maximum atomic E-state index is 12.9. The first-order valence-electron chi connectivity index (χ1n) is 8.10. The molecule has 2 aromatic carbocycles. The third-order valence-electron chi connectivity index (χ3n) is 4.18. The molecule has 1 aromatic heterocycles. The van der Waals surface area contributed by atoms with Gasteiger partial charge in [0, 0.05) is 29.1 Å². The van der Waals surface area contributed by atoms with Crippen molar-refractivity contribution in [2.24, 2.45) is 0 Å². The van der Waals surface area contributed by atoms with Crippen molar-refractivity contribution in [3.8, 4) is 11.5 Å². The number of hydrogen-bond donors (Lipinski definition) is 2. The van der Waals surface area contributed by atoms with Gasteiger partial charge in [0.15, 0.2) is 0 Å². The summed E-state index contributed by atoms with van der Waals surface area (Å²) in [4.78, 5) is 28.9. The number of carbonyl (C=O) groups is 2. The maximum absolute atomic E-state index is 12.9. The molecular formula is C20H15N3O3. The Morgan fingerprint density at radius 3 is 2.00 bits per heavy atom. The first kappa shape index (κ1) is 15.8. The normalized spacial score (nSPS) is 12.3. The van der Waals surface area contributed by atoms with E-state index in [0.29, 0.717) is 17.1 Å². The largest absolute Gasteiger partial charge is 0.457 e. The van der Waals surface area contributed by atoms with Gasteiger partial charge in [0.25, 0.3) is 11.8 Å². The predicted octanol–water partition coefficient (Wildman–Crippen LogP) is 2.78. The number of nitrogens with zero attached hydrogens (tertiary/aromatic N) is 1. The van der Waals surface area contributed by atoms with E-state index < -0.39 is 11.8 Å². The molecule has 3 aromatic rings. The molecule has 4 rings (SSSR count). The molecule has 1 aliphatic rings. The van der Waals surface area contributed by atoms with Crippen molar-refractivity contribution in [2.45, 2.75) is 5.92 Å². The summed E-state index contributed by atoms with van der Waals surface area (Å²) >= 11 is 0. The minimum atomic E-state index is -0.575. The topological polar surface area (TPSA) is 80.3 Å². The number of ether oxygens (including phenoxy) is 1. The fourth-order valence-electron chi connectivity index (χ4n) is 2.96. The van der Waals surface area contributed by atoms with E-state index in [2.05, 4.69) is 15.8 Å². The van der Waals surface area contributed by atoms with Crippen LogP contribution >= 0.6 is 0 Å². The van der Waals surface area contributed by atoms with E-state index >= 15 is 0 Å². The van der Waals surface area contributed by atoms with Gasteiger partial charge in [-0.1, -0.05) is 36.4 Å². The number of fused-ring (bicyclic) bond motifs is 2. The third-order valence-corrected chi connectivity index (χ3v) is 4.18. The average Bonchev–Trinajstić information content (AvgIpc) is 2.70. The van der Waals surface area contributed by atoms with Gasteiger partial charge in [0.1, 0.15) is 11.5 Å². The molecule has 6 nitrogen and oxygen atoms in total. The van der Waals surface area contributed by atoms with Crippen LogP contribution in [0.3, 0.4) is 0 Å².